The van der Waals surface area contributed by atoms with Crippen molar-refractivity contribution in [3.63, 3.8) is 0 Å². The highest BCUT2D eigenvalue weighted by molar-refractivity contribution is 7.89. The molecule has 1 aromatic rings. The van der Waals surface area contributed by atoms with Crippen molar-refractivity contribution < 1.29 is 22.7 Å². The second-order valence-electron chi connectivity index (χ2n) is 7.26. The molecule has 2 fully saturated rings. The van der Waals surface area contributed by atoms with Crippen molar-refractivity contribution in [3.8, 4) is 0 Å². The van der Waals surface area contributed by atoms with Crippen LogP contribution in [0.5, 0.6) is 0 Å². The van der Waals surface area contributed by atoms with Gasteiger partial charge in [0.15, 0.2) is 0 Å². The molecule has 146 valence electrons. The second-order valence-corrected chi connectivity index (χ2v) is 9.19. The number of piperidine rings is 1. The van der Waals surface area contributed by atoms with Gasteiger partial charge in [-0.25, -0.2) is 13.2 Å². The number of ether oxygens (including phenoxy) is 1. The minimum atomic E-state index is -3.51. The molecule has 4 rings (SSSR count). The summed E-state index contributed by atoms with van der Waals surface area (Å²) >= 11 is 0. The van der Waals surface area contributed by atoms with Crippen molar-refractivity contribution in [2.45, 2.75) is 49.6 Å². The lowest BCUT2D eigenvalue weighted by atomic mass is 10.1. The van der Waals surface area contributed by atoms with Gasteiger partial charge in [-0.2, -0.15) is 4.31 Å². The summed E-state index contributed by atoms with van der Waals surface area (Å²) in [6.45, 7) is 2.77. The minimum absolute atomic E-state index is 0.185. The van der Waals surface area contributed by atoms with E-state index in [2.05, 4.69) is 5.32 Å². The van der Waals surface area contributed by atoms with Crippen molar-refractivity contribution in [2.75, 3.05) is 24.5 Å². The Morgan fingerprint density at radius 1 is 1.26 bits per heavy atom. The first-order valence-electron chi connectivity index (χ1n) is 9.25. The van der Waals surface area contributed by atoms with Crippen LogP contribution in [0, 0.1) is 0 Å². The van der Waals surface area contributed by atoms with E-state index in [0.29, 0.717) is 25.2 Å². The van der Waals surface area contributed by atoms with Gasteiger partial charge >= 0.3 is 6.09 Å². The van der Waals surface area contributed by atoms with E-state index in [1.165, 1.54) is 6.92 Å². The molecule has 0 spiro atoms. The van der Waals surface area contributed by atoms with E-state index in [9.17, 15) is 18.0 Å². The number of anilines is 1. The number of nitrogens with one attached hydrogen (secondary N) is 1. The van der Waals surface area contributed by atoms with E-state index < -0.39 is 22.2 Å². The van der Waals surface area contributed by atoms with E-state index in [-0.39, 0.29) is 23.4 Å². The first-order chi connectivity index (χ1) is 12.9. The summed E-state index contributed by atoms with van der Waals surface area (Å²) in [4.78, 5) is 25.3. The van der Waals surface area contributed by atoms with Crippen molar-refractivity contribution in [1.29, 1.82) is 0 Å². The largest absolute Gasteiger partial charge is 0.442 e. The maximum absolute atomic E-state index is 12.9. The Bertz CT molecular complexity index is 879. The highest BCUT2D eigenvalue weighted by Crippen LogP contribution is 2.40. The van der Waals surface area contributed by atoms with Crippen LogP contribution in [0.15, 0.2) is 23.1 Å². The van der Waals surface area contributed by atoms with Crippen LogP contribution in [0.2, 0.25) is 0 Å². The van der Waals surface area contributed by atoms with Crippen LogP contribution in [0.25, 0.3) is 0 Å². The molecule has 0 aromatic heterocycles. The first kappa shape index (κ1) is 18.2. The normalized spacial score (nSPS) is 25.1. The molecule has 0 bridgehead atoms. The fourth-order valence-corrected chi connectivity index (χ4v) is 5.66. The standard InChI is InChI=1S/C18H23N3O5S/c1-12(22)19-11-17-16-10-13-9-14(5-6-15(13)21(16)18(23)26-17)27(24,25)20-7-3-2-4-8-20/h5-6,9,16-17H,2-4,7-8,10-11H2,1H3,(H,19,22)/t16-,17-/m0/s1. The van der Waals surface area contributed by atoms with E-state index >= 15 is 0 Å². The third-order valence-corrected chi connectivity index (χ3v) is 7.35. The lowest BCUT2D eigenvalue weighted by molar-refractivity contribution is -0.119. The Kier molecular flexibility index (Phi) is 4.59. The number of benzene rings is 1. The Hall–Kier alpha value is -2.13. The number of hydrogen-bond acceptors (Lipinski definition) is 5. The molecule has 0 unspecified atom stereocenters. The van der Waals surface area contributed by atoms with Crippen molar-refractivity contribution in [3.05, 3.63) is 23.8 Å². The zero-order valence-corrected chi connectivity index (χ0v) is 16.0. The number of fused-ring (bicyclic) bond motifs is 3. The van der Waals surface area contributed by atoms with Gasteiger partial charge in [-0.15, -0.1) is 0 Å². The number of amides is 2. The van der Waals surface area contributed by atoms with Gasteiger partial charge in [0.25, 0.3) is 0 Å². The van der Waals surface area contributed by atoms with Gasteiger partial charge in [-0.05, 0) is 43.0 Å². The van der Waals surface area contributed by atoms with E-state index in [1.54, 1.807) is 27.4 Å². The molecule has 0 saturated carbocycles. The lowest BCUT2D eigenvalue weighted by Crippen LogP contribution is -2.40. The van der Waals surface area contributed by atoms with Crippen LogP contribution in [-0.2, 0) is 26.0 Å². The number of carbonyl (C=O) groups is 2. The van der Waals surface area contributed by atoms with Gasteiger partial charge in [0.05, 0.1) is 23.2 Å². The Labute approximate surface area is 158 Å². The van der Waals surface area contributed by atoms with Gasteiger partial charge in [0.1, 0.15) is 6.10 Å². The minimum Gasteiger partial charge on any atom is -0.442 e. The average Bonchev–Trinajstić information content (AvgIpc) is 3.17. The Morgan fingerprint density at radius 2 is 2.00 bits per heavy atom. The van der Waals surface area contributed by atoms with Crippen molar-refractivity contribution >= 4 is 27.7 Å². The van der Waals surface area contributed by atoms with Gasteiger partial charge in [-0.1, -0.05) is 6.42 Å². The van der Waals surface area contributed by atoms with Gasteiger partial charge in [-0.3, -0.25) is 9.69 Å². The monoisotopic (exact) mass is 393 g/mol. The zero-order chi connectivity index (χ0) is 19.2. The number of carbonyl (C=O) groups excluding carboxylic acids is 2. The van der Waals surface area contributed by atoms with Crippen molar-refractivity contribution in [2.24, 2.45) is 0 Å². The molecule has 3 heterocycles. The van der Waals surface area contributed by atoms with E-state index in [4.69, 9.17) is 4.74 Å². The molecule has 0 aliphatic carbocycles. The number of nitrogens with zero attached hydrogens (tertiary/aromatic N) is 2. The Morgan fingerprint density at radius 3 is 2.70 bits per heavy atom. The van der Waals surface area contributed by atoms with Crippen LogP contribution in [0.1, 0.15) is 31.7 Å². The molecule has 9 heteroatoms. The van der Waals surface area contributed by atoms with Crippen LogP contribution in [0.4, 0.5) is 10.5 Å². The van der Waals surface area contributed by atoms with E-state index in [1.807, 2.05) is 0 Å². The molecular weight excluding hydrogens is 370 g/mol. The molecule has 2 saturated heterocycles. The first-order valence-corrected chi connectivity index (χ1v) is 10.7. The smallest absolute Gasteiger partial charge is 0.415 e. The maximum Gasteiger partial charge on any atom is 0.415 e. The molecule has 1 N–H and O–H groups in total. The van der Waals surface area contributed by atoms with Gasteiger partial charge < -0.3 is 10.1 Å². The molecule has 1 aromatic carbocycles. The van der Waals surface area contributed by atoms with Crippen LogP contribution >= 0.6 is 0 Å². The molecule has 0 radical (unpaired) electrons. The van der Waals surface area contributed by atoms with E-state index in [0.717, 1.165) is 24.8 Å². The molecule has 2 amide bonds. The topological polar surface area (TPSA) is 96.0 Å². The number of sulfonamides is 1. The molecule has 2 atom stereocenters. The average molecular weight is 393 g/mol. The summed E-state index contributed by atoms with van der Waals surface area (Å²) in [7, 11) is -3.51. The summed E-state index contributed by atoms with van der Waals surface area (Å²) in [5.41, 5.74) is 1.51. The molecule has 3 aliphatic rings. The second kappa shape index (κ2) is 6.79. The van der Waals surface area contributed by atoms with Crippen LogP contribution in [-0.4, -0.2) is 56.5 Å². The van der Waals surface area contributed by atoms with Crippen LogP contribution < -0.4 is 10.2 Å². The van der Waals surface area contributed by atoms with Gasteiger partial charge in [0, 0.05) is 20.0 Å². The predicted octanol–water partition coefficient (Wildman–Crippen LogP) is 1.25. The summed E-state index contributed by atoms with van der Waals surface area (Å²) in [5, 5.41) is 2.68. The highest BCUT2D eigenvalue weighted by Gasteiger charge is 2.47. The van der Waals surface area contributed by atoms with Crippen LogP contribution in [0.3, 0.4) is 0 Å². The fraction of sp³-hybridized carbons (Fsp3) is 0.556. The molecule has 3 aliphatic heterocycles. The zero-order valence-electron chi connectivity index (χ0n) is 15.2. The van der Waals surface area contributed by atoms with Crippen molar-refractivity contribution in [1.82, 2.24) is 9.62 Å². The summed E-state index contributed by atoms with van der Waals surface area (Å²) < 4.78 is 32.7. The number of rotatable bonds is 4. The number of hydrogen-bond donors (Lipinski definition) is 1. The lowest BCUT2D eigenvalue weighted by Gasteiger charge is -2.26. The summed E-state index contributed by atoms with van der Waals surface area (Å²) in [6, 6.07) is 4.71. The molecule has 8 nitrogen and oxygen atoms in total. The summed E-state index contributed by atoms with van der Waals surface area (Å²) in [5.74, 6) is -0.185. The third-order valence-electron chi connectivity index (χ3n) is 5.45. The quantitative estimate of drug-likeness (QED) is 0.831. The maximum atomic E-state index is 12.9. The predicted molar refractivity (Wildman–Crippen MR) is 98.0 cm³/mol. The molecular formula is C18H23N3O5S. The Balaban J connectivity index is 1.59. The highest BCUT2D eigenvalue weighted by atomic mass is 32.2. The molecule has 27 heavy (non-hydrogen) atoms. The third kappa shape index (κ3) is 3.19. The fourth-order valence-electron chi connectivity index (χ4n) is 4.09. The van der Waals surface area contributed by atoms with Gasteiger partial charge in [0.2, 0.25) is 15.9 Å². The summed E-state index contributed by atoms with van der Waals surface area (Å²) in [6.07, 6.45) is 2.43. The SMILES string of the molecule is CC(=O)NC[C@@H]1OC(=O)N2c3ccc(S(=O)(=O)N4CCCCC4)cc3C[C@@H]12. The number of cyclic esters (lactones) is 1.